The highest BCUT2D eigenvalue weighted by Gasteiger charge is 2.14. The summed E-state index contributed by atoms with van der Waals surface area (Å²) in [6.07, 6.45) is 1.40. The summed E-state index contributed by atoms with van der Waals surface area (Å²) in [5, 5.41) is 21.0. The van der Waals surface area contributed by atoms with E-state index in [9.17, 15) is 14.7 Å². The van der Waals surface area contributed by atoms with Crippen molar-refractivity contribution in [3.63, 3.8) is 0 Å². The zero-order chi connectivity index (χ0) is 17.4. The quantitative estimate of drug-likeness (QED) is 0.797. The largest absolute Gasteiger partial charge is 0.505 e. The molecule has 1 aromatic heterocycles. The van der Waals surface area contributed by atoms with Crippen molar-refractivity contribution in [2.24, 2.45) is 0 Å². The van der Waals surface area contributed by atoms with Crippen LogP contribution in [0.2, 0.25) is 5.02 Å². The van der Waals surface area contributed by atoms with Gasteiger partial charge in [-0.1, -0.05) is 37.6 Å². The van der Waals surface area contributed by atoms with Gasteiger partial charge in [-0.05, 0) is 23.8 Å². The molecule has 0 fully saturated rings. The van der Waals surface area contributed by atoms with Crippen molar-refractivity contribution in [1.82, 2.24) is 10.3 Å². The maximum Gasteiger partial charge on any atom is 0.322 e. The number of pyridine rings is 1. The van der Waals surface area contributed by atoms with Gasteiger partial charge >= 0.3 is 5.97 Å². The molecule has 6 nitrogen and oxygen atoms in total. The summed E-state index contributed by atoms with van der Waals surface area (Å²) in [4.78, 5) is 25.9. The minimum absolute atomic E-state index is 0.234. The van der Waals surface area contributed by atoms with E-state index in [4.69, 9.17) is 16.7 Å². The van der Waals surface area contributed by atoms with Crippen molar-refractivity contribution >= 4 is 23.5 Å². The number of halogens is 1. The van der Waals surface area contributed by atoms with Crippen molar-refractivity contribution in [1.29, 1.82) is 0 Å². The van der Waals surface area contributed by atoms with E-state index in [1.807, 2.05) is 13.8 Å². The number of benzene rings is 1. The van der Waals surface area contributed by atoms with Gasteiger partial charge in [-0.2, -0.15) is 0 Å². The lowest BCUT2D eigenvalue weighted by Crippen LogP contribution is -2.29. The van der Waals surface area contributed by atoms with Crippen LogP contribution in [0.5, 0.6) is 5.75 Å². The number of hydrogen-bond acceptors (Lipinski definition) is 4. The van der Waals surface area contributed by atoms with E-state index in [1.165, 1.54) is 12.3 Å². The maximum absolute atomic E-state index is 11.7. The number of carboxylic acids is 1. The van der Waals surface area contributed by atoms with Crippen LogP contribution >= 0.6 is 11.6 Å². The van der Waals surface area contributed by atoms with Gasteiger partial charge in [0.15, 0.2) is 5.69 Å². The number of amides is 1. The van der Waals surface area contributed by atoms with Gasteiger partial charge < -0.3 is 15.5 Å². The maximum atomic E-state index is 11.7. The molecule has 0 spiro atoms. The number of hydrogen-bond donors (Lipinski definition) is 3. The predicted molar refractivity (Wildman–Crippen MR) is 87.7 cm³/mol. The highest BCUT2D eigenvalue weighted by Crippen LogP contribution is 2.26. The fraction of sp³-hybridized carbons (Fsp3) is 0.188. The Bertz CT molecular complexity index is 704. The number of aromatic hydroxyl groups is 1. The second kappa shape index (κ2) is 8.75. The molecule has 0 saturated heterocycles. The number of carbonyl (C=O) groups is 2. The molecule has 0 radical (unpaired) electrons. The molecule has 0 saturated carbocycles. The van der Waals surface area contributed by atoms with Crippen LogP contribution < -0.4 is 5.32 Å². The highest BCUT2D eigenvalue weighted by atomic mass is 35.5. The third-order valence-corrected chi connectivity index (χ3v) is 2.88. The Morgan fingerprint density at radius 1 is 1.22 bits per heavy atom. The van der Waals surface area contributed by atoms with Crippen LogP contribution in [-0.2, 0) is 4.79 Å². The van der Waals surface area contributed by atoms with Crippen molar-refractivity contribution in [2.75, 3.05) is 6.54 Å². The first-order valence-corrected chi connectivity index (χ1v) is 7.30. The minimum Gasteiger partial charge on any atom is -0.505 e. The van der Waals surface area contributed by atoms with E-state index in [0.717, 1.165) is 5.56 Å². The second-order valence-corrected chi connectivity index (χ2v) is 4.61. The Labute approximate surface area is 138 Å². The molecule has 2 rings (SSSR count). The van der Waals surface area contributed by atoms with E-state index in [0.29, 0.717) is 10.6 Å². The van der Waals surface area contributed by atoms with Crippen molar-refractivity contribution in [3.05, 3.63) is 47.2 Å². The molecular formula is C16H17ClN2O4. The summed E-state index contributed by atoms with van der Waals surface area (Å²) in [7, 11) is 0. The summed E-state index contributed by atoms with van der Waals surface area (Å²) >= 11 is 5.88. The van der Waals surface area contributed by atoms with Crippen LogP contribution in [0.3, 0.4) is 0 Å². The topological polar surface area (TPSA) is 99.5 Å². The lowest BCUT2D eigenvalue weighted by Gasteiger charge is -2.07. The molecule has 122 valence electrons. The van der Waals surface area contributed by atoms with Crippen molar-refractivity contribution in [3.8, 4) is 16.9 Å². The van der Waals surface area contributed by atoms with Gasteiger partial charge in [-0.3, -0.25) is 9.59 Å². The summed E-state index contributed by atoms with van der Waals surface area (Å²) in [5.74, 6) is -2.28. The number of aliphatic carboxylic acids is 1. The summed E-state index contributed by atoms with van der Waals surface area (Å²) in [6, 6.07) is 8.32. The molecule has 1 heterocycles. The lowest BCUT2D eigenvalue weighted by molar-refractivity contribution is -0.135. The third kappa shape index (κ3) is 5.27. The average molecular weight is 337 g/mol. The van der Waals surface area contributed by atoms with Gasteiger partial charge in [0.1, 0.15) is 12.3 Å². The molecule has 0 bridgehead atoms. The molecule has 0 aliphatic carbocycles. The first-order chi connectivity index (χ1) is 11.0. The minimum atomic E-state index is -1.18. The number of nitrogens with one attached hydrogen (secondary N) is 1. The number of rotatable bonds is 4. The van der Waals surface area contributed by atoms with E-state index < -0.39 is 18.4 Å². The highest BCUT2D eigenvalue weighted by molar-refractivity contribution is 6.30. The van der Waals surface area contributed by atoms with Gasteiger partial charge in [0, 0.05) is 16.8 Å². The Morgan fingerprint density at radius 3 is 2.48 bits per heavy atom. The van der Waals surface area contributed by atoms with Crippen LogP contribution in [0.15, 0.2) is 36.5 Å². The first-order valence-electron chi connectivity index (χ1n) is 6.92. The molecule has 2 aromatic rings. The van der Waals surface area contributed by atoms with Gasteiger partial charge in [0.25, 0.3) is 5.91 Å². The molecular weight excluding hydrogens is 320 g/mol. The normalized spacial score (nSPS) is 9.52. The lowest BCUT2D eigenvalue weighted by atomic mass is 10.1. The van der Waals surface area contributed by atoms with Gasteiger partial charge in [-0.25, -0.2) is 4.98 Å². The molecule has 3 N–H and O–H groups in total. The van der Waals surface area contributed by atoms with Crippen molar-refractivity contribution < 1.29 is 19.8 Å². The van der Waals surface area contributed by atoms with Crippen molar-refractivity contribution in [2.45, 2.75) is 13.8 Å². The third-order valence-electron chi connectivity index (χ3n) is 2.64. The zero-order valence-electron chi connectivity index (χ0n) is 12.7. The van der Waals surface area contributed by atoms with Crippen LogP contribution in [0.25, 0.3) is 11.1 Å². The van der Waals surface area contributed by atoms with E-state index in [-0.39, 0.29) is 11.4 Å². The Hall–Kier alpha value is -2.60. The molecule has 0 atom stereocenters. The summed E-state index contributed by atoms with van der Waals surface area (Å²) in [5.41, 5.74) is 1.09. The Kier molecular flexibility index (Phi) is 7.02. The number of nitrogens with zero attached hydrogens (tertiary/aromatic N) is 1. The fourth-order valence-corrected chi connectivity index (χ4v) is 1.88. The molecule has 0 unspecified atom stereocenters. The Balaban J connectivity index is 0.00000127. The summed E-state index contributed by atoms with van der Waals surface area (Å²) in [6.45, 7) is 3.45. The van der Waals surface area contributed by atoms with Gasteiger partial charge in [0.05, 0.1) is 0 Å². The molecule has 7 heteroatoms. The van der Waals surface area contributed by atoms with Crippen LogP contribution in [0.1, 0.15) is 24.3 Å². The van der Waals surface area contributed by atoms with E-state index in [1.54, 1.807) is 24.3 Å². The van der Waals surface area contributed by atoms with E-state index in [2.05, 4.69) is 10.3 Å². The average Bonchev–Trinajstić information content (AvgIpc) is 2.54. The SMILES string of the molecule is CC.O=C(O)CNC(=O)c1ncc(-c2cccc(Cl)c2)cc1O. The second-order valence-electron chi connectivity index (χ2n) is 4.18. The smallest absolute Gasteiger partial charge is 0.322 e. The number of carboxylic acid groups (broad SMARTS) is 1. The van der Waals surface area contributed by atoms with Gasteiger partial charge in [0.2, 0.25) is 0 Å². The number of carbonyl (C=O) groups excluding carboxylic acids is 1. The molecule has 23 heavy (non-hydrogen) atoms. The number of aromatic nitrogens is 1. The van der Waals surface area contributed by atoms with E-state index >= 15 is 0 Å². The molecule has 0 aliphatic rings. The predicted octanol–water partition coefficient (Wildman–Crippen LogP) is 2.95. The van der Waals surface area contributed by atoms with Crippen LogP contribution in [-0.4, -0.2) is 33.6 Å². The zero-order valence-corrected chi connectivity index (χ0v) is 13.5. The standard InChI is InChI=1S/C14H11ClN2O4.C2H6/c15-10-3-1-2-8(4-10)9-5-11(18)13(16-6-9)14(21)17-7-12(19)20;1-2/h1-6,18H,7H2,(H,17,21)(H,19,20);1-2H3. The molecule has 0 aliphatic heterocycles. The van der Waals surface area contributed by atoms with Gasteiger partial charge in [-0.15, -0.1) is 0 Å². The Morgan fingerprint density at radius 2 is 1.91 bits per heavy atom. The van der Waals surface area contributed by atoms with Crippen LogP contribution in [0, 0.1) is 0 Å². The monoisotopic (exact) mass is 336 g/mol. The molecule has 1 aromatic carbocycles. The fourth-order valence-electron chi connectivity index (χ4n) is 1.69. The first kappa shape index (κ1) is 18.4. The summed E-state index contributed by atoms with van der Waals surface area (Å²) < 4.78 is 0. The molecule has 1 amide bonds. The van der Waals surface area contributed by atoms with Crippen LogP contribution in [0.4, 0.5) is 0 Å².